The van der Waals surface area contributed by atoms with E-state index in [1.165, 1.54) is 0 Å². The van der Waals surface area contributed by atoms with Gasteiger partial charge in [-0.1, -0.05) is 30.3 Å². The van der Waals surface area contributed by atoms with Gasteiger partial charge in [-0.05, 0) is 19.0 Å². The summed E-state index contributed by atoms with van der Waals surface area (Å²) in [6.07, 6.45) is 0.717. The molecule has 6 nitrogen and oxygen atoms in total. The van der Waals surface area contributed by atoms with E-state index >= 15 is 0 Å². The molecule has 1 aromatic carbocycles. The number of likely N-dealkylation sites (N-methyl/N-ethyl adjacent to an activating group) is 1. The summed E-state index contributed by atoms with van der Waals surface area (Å²) in [6, 6.07) is 9.85. The Morgan fingerprint density at radius 2 is 1.71 bits per heavy atom. The molecule has 0 aromatic heterocycles. The van der Waals surface area contributed by atoms with Crippen LogP contribution in [-0.4, -0.2) is 61.5 Å². The standard InChI is InChI=1S/C15H22N4O2/c1-18-9-11-19(12-10-18)17-15(21)14(20)16-8-7-13-5-3-2-4-6-13/h2-6H,7-12H2,1H3,(H,16,20)(H,17,21). The normalized spacial score (nSPS) is 16.4. The minimum atomic E-state index is -0.590. The summed E-state index contributed by atoms with van der Waals surface area (Å²) in [5.74, 6) is -1.17. The van der Waals surface area contributed by atoms with Gasteiger partial charge >= 0.3 is 11.8 Å². The van der Waals surface area contributed by atoms with Crippen molar-refractivity contribution in [1.82, 2.24) is 20.7 Å². The SMILES string of the molecule is CN1CCN(NC(=O)C(=O)NCCc2ccccc2)CC1. The Kier molecular flexibility index (Phi) is 5.71. The van der Waals surface area contributed by atoms with Crippen LogP contribution in [0.4, 0.5) is 0 Å². The number of nitrogens with zero attached hydrogens (tertiary/aromatic N) is 2. The first-order chi connectivity index (χ1) is 10.1. The topological polar surface area (TPSA) is 64.7 Å². The molecular formula is C15H22N4O2. The van der Waals surface area contributed by atoms with E-state index in [9.17, 15) is 9.59 Å². The van der Waals surface area contributed by atoms with Gasteiger partial charge in [0.1, 0.15) is 0 Å². The fraction of sp³-hybridized carbons (Fsp3) is 0.467. The lowest BCUT2D eigenvalue weighted by Gasteiger charge is -2.32. The highest BCUT2D eigenvalue weighted by Crippen LogP contribution is 1.98. The van der Waals surface area contributed by atoms with Gasteiger partial charge in [-0.15, -0.1) is 0 Å². The number of rotatable bonds is 4. The number of hydrogen-bond acceptors (Lipinski definition) is 4. The van der Waals surface area contributed by atoms with Crippen molar-refractivity contribution in [2.24, 2.45) is 0 Å². The van der Waals surface area contributed by atoms with E-state index in [1.807, 2.05) is 37.4 Å². The van der Waals surface area contributed by atoms with Gasteiger partial charge in [-0.2, -0.15) is 0 Å². The number of carbonyl (C=O) groups is 2. The van der Waals surface area contributed by atoms with Crippen molar-refractivity contribution in [3.63, 3.8) is 0 Å². The highest BCUT2D eigenvalue weighted by Gasteiger charge is 2.19. The van der Waals surface area contributed by atoms with Crippen molar-refractivity contribution in [2.75, 3.05) is 39.8 Å². The maximum atomic E-state index is 11.8. The quantitative estimate of drug-likeness (QED) is 0.742. The summed E-state index contributed by atoms with van der Waals surface area (Å²) in [5.41, 5.74) is 3.78. The Labute approximate surface area is 125 Å². The summed E-state index contributed by atoms with van der Waals surface area (Å²) >= 11 is 0. The maximum absolute atomic E-state index is 11.8. The van der Waals surface area contributed by atoms with Crippen LogP contribution in [0.2, 0.25) is 0 Å². The van der Waals surface area contributed by atoms with Gasteiger partial charge in [-0.3, -0.25) is 15.0 Å². The fourth-order valence-corrected chi connectivity index (χ4v) is 2.16. The first-order valence-electron chi connectivity index (χ1n) is 7.21. The third-order valence-electron chi connectivity index (χ3n) is 3.51. The Morgan fingerprint density at radius 1 is 1.05 bits per heavy atom. The lowest BCUT2D eigenvalue weighted by Crippen LogP contribution is -2.55. The van der Waals surface area contributed by atoms with Crippen molar-refractivity contribution < 1.29 is 9.59 Å². The molecule has 0 aliphatic carbocycles. The van der Waals surface area contributed by atoms with E-state index in [2.05, 4.69) is 15.6 Å². The molecule has 0 unspecified atom stereocenters. The van der Waals surface area contributed by atoms with E-state index in [0.717, 1.165) is 31.7 Å². The maximum Gasteiger partial charge on any atom is 0.323 e. The summed E-state index contributed by atoms with van der Waals surface area (Å²) in [6.45, 7) is 3.70. The van der Waals surface area contributed by atoms with Gasteiger partial charge in [0.2, 0.25) is 0 Å². The molecule has 1 aliphatic rings. The number of hydrazine groups is 1. The van der Waals surface area contributed by atoms with Crippen LogP contribution in [0.15, 0.2) is 30.3 Å². The lowest BCUT2D eigenvalue weighted by molar-refractivity contribution is -0.142. The number of hydrogen-bond donors (Lipinski definition) is 2. The fourth-order valence-electron chi connectivity index (χ4n) is 2.16. The molecule has 0 saturated carbocycles. The molecule has 0 atom stereocenters. The van der Waals surface area contributed by atoms with Gasteiger partial charge in [0.15, 0.2) is 0 Å². The van der Waals surface area contributed by atoms with E-state index in [1.54, 1.807) is 5.01 Å². The van der Waals surface area contributed by atoms with E-state index < -0.39 is 11.8 Å². The zero-order chi connectivity index (χ0) is 15.1. The van der Waals surface area contributed by atoms with Gasteiger partial charge in [0, 0.05) is 32.7 Å². The van der Waals surface area contributed by atoms with Crippen LogP contribution in [0.25, 0.3) is 0 Å². The molecule has 1 aromatic rings. The zero-order valence-electron chi connectivity index (χ0n) is 12.3. The molecule has 2 N–H and O–H groups in total. The molecule has 114 valence electrons. The van der Waals surface area contributed by atoms with Crippen molar-refractivity contribution in [1.29, 1.82) is 0 Å². The largest absolute Gasteiger partial charge is 0.347 e. The third kappa shape index (κ3) is 5.17. The van der Waals surface area contributed by atoms with Crippen LogP contribution in [0.5, 0.6) is 0 Å². The van der Waals surface area contributed by atoms with E-state index in [-0.39, 0.29) is 0 Å². The Hall–Kier alpha value is -1.92. The average molecular weight is 290 g/mol. The molecule has 1 saturated heterocycles. The highest BCUT2D eigenvalue weighted by molar-refractivity contribution is 6.34. The van der Waals surface area contributed by atoms with Crippen molar-refractivity contribution in [3.05, 3.63) is 35.9 Å². The second-order valence-corrected chi connectivity index (χ2v) is 5.22. The molecule has 0 radical (unpaired) electrons. The van der Waals surface area contributed by atoms with Crippen LogP contribution >= 0.6 is 0 Å². The molecule has 0 bridgehead atoms. The molecule has 1 fully saturated rings. The number of carbonyl (C=O) groups excluding carboxylic acids is 2. The van der Waals surface area contributed by atoms with Crippen LogP contribution < -0.4 is 10.7 Å². The van der Waals surface area contributed by atoms with Crippen molar-refractivity contribution >= 4 is 11.8 Å². The summed E-state index contributed by atoms with van der Waals surface area (Å²) in [5, 5.41) is 4.43. The number of benzene rings is 1. The minimum absolute atomic E-state index is 0.457. The molecule has 0 spiro atoms. The summed E-state index contributed by atoms with van der Waals surface area (Å²) < 4.78 is 0. The second-order valence-electron chi connectivity index (χ2n) is 5.22. The van der Waals surface area contributed by atoms with Crippen molar-refractivity contribution in [3.8, 4) is 0 Å². The summed E-state index contributed by atoms with van der Waals surface area (Å²) in [4.78, 5) is 25.7. The van der Waals surface area contributed by atoms with E-state index in [0.29, 0.717) is 13.0 Å². The first kappa shape index (κ1) is 15.5. The van der Waals surface area contributed by atoms with Crippen LogP contribution in [0.3, 0.4) is 0 Å². The smallest absolute Gasteiger partial charge is 0.323 e. The van der Waals surface area contributed by atoms with Gasteiger partial charge < -0.3 is 10.2 Å². The number of piperazine rings is 1. The zero-order valence-corrected chi connectivity index (χ0v) is 12.3. The number of amides is 2. The first-order valence-corrected chi connectivity index (χ1v) is 7.21. The highest BCUT2D eigenvalue weighted by atomic mass is 16.2. The number of nitrogens with one attached hydrogen (secondary N) is 2. The third-order valence-corrected chi connectivity index (χ3v) is 3.51. The Balaban J connectivity index is 1.67. The Bertz CT molecular complexity index is 470. The predicted octanol–water partition coefficient (Wildman–Crippen LogP) is -0.376. The molecule has 21 heavy (non-hydrogen) atoms. The second kappa shape index (κ2) is 7.75. The monoisotopic (exact) mass is 290 g/mol. The molecule has 6 heteroatoms. The molecule has 1 aliphatic heterocycles. The van der Waals surface area contributed by atoms with Crippen LogP contribution in [0, 0.1) is 0 Å². The molecule has 2 amide bonds. The van der Waals surface area contributed by atoms with Gasteiger partial charge in [0.05, 0.1) is 0 Å². The lowest BCUT2D eigenvalue weighted by atomic mass is 10.1. The van der Waals surface area contributed by atoms with Gasteiger partial charge in [0.25, 0.3) is 0 Å². The molecular weight excluding hydrogens is 268 g/mol. The van der Waals surface area contributed by atoms with Crippen molar-refractivity contribution in [2.45, 2.75) is 6.42 Å². The van der Waals surface area contributed by atoms with Crippen LogP contribution in [0.1, 0.15) is 5.56 Å². The van der Waals surface area contributed by atoms with Gasteiger partial charge in [-0.25, -0.2) is 5.01 Å². The predicted molar refractivity (Wildman–Crippen MR) is 80.4 cm³/mol. The van der Waals surface area contributed by atoms with E-state index in [4.69, 9.17) is 0 Å². The minimum Gasteiger partial charge on any atom is -0.347 e. The average Bonchev–Trinajstić information content (AvgIpc) is 2.50. The van der Waals surface area contributed by atoms with Crippen LogP contribution in [-0.2, 0) is 16.0 Å². The summed E-state index contributed by atoms with van der Waals surface area (Å²) in [7, 11) is 2.04. The Morgan fingerprint density at radius 3 is 2.38 bits per heavy atom. The molecule has 2 rings (SSSR count). The molecule has 1 heterocycles.